The zero-order valence-corrected chi connectivity index (χ0v) is 26.3. The molecule has 0 aromatic heterocycles. The van der Waals surface area contributed by atoms with Crippen molar-refractivity contribution in [3.63, 3.8) is 0 Å². The maximum Gasteiger partial charge on any atom is 0.389 e. The van der Waals surface area contributed by atoms with Crippen LogP contribution < -0.4 is 0 Å². The molecule has 0 saturated heterocycles. The van der Waals surface area contributed by atoms with Gasteiger partial charge in [0.2, 0.25) is 0 Å². The van der Waals surface area contributed by atoms with Crippen molar-refractivity contribution in [3.05, 3.63) is 134 Å². The Balaban J connectivity index is 1.59. The first-order chi connectivity index (χ1) is 19.8. The molecule has 0 N–H and O–H groups in total. The Morgan fingerprint density at radius 2 is 0.762 bits per heavy atom. The molecule has 42 heavy (non-hydrogen) atoms. The van der Waals surface area contributed by atoms with Crippen LogP contribution in [0.25, 0.3) is 0 Å². The number of hydrogen-bond acceptors (Lipinski definition) is 6. The summed E-state index contributed by atoms with van der Waals surface area (Å²) in [5.74, 6) is -3.96. The summed E-state index contributed by atoms with van der Waals surface area (Å²) in [7, 11) is 0. The van der Waals surface area contributed by atoms with Crippen LogP contribution in [0.5, 0.6) is 0 Å². The maximum absolute atomic E-state index is 13.1. The van der Waals surface area contributed by atoms with E-state index in [1.807, 2.05) is 0 Å². The molecule has 4 aromatic rings. The number of ketones is 2. The fourth-order valence-electron chi connectivity index (χ4n) is 3.63. The summed E-state index contributed by atoms with van der Waals surface area (Å²) in [5, 5.41) is -0.547. The predicted octanol–water partition coefficient (Wildman–Crippen LogP) is 10.3. The average Bonchev–Trinajstić information content (AvgIpc) is 2.91. The molecule has 0 bridgehead atoms. The molecule has 0 spiro atoms. The average molecular weight is 726 g/mol. The van der Waals surface area contributed by atoms with Gasteiger partial charge in [0, 0.05) is 32.3 Å². The first kappa shape index (κ1) is 32.4. The lowest BCUT2D eigenvalue weighted by molar-refractivity contribution is -0.187. The molecule has 0 amide bonds. The lowest BCUT2D eigenvalue weighted by Crippen LogP contribution is -2.16. The van der Waals surface area contributed by atoms with Crippen molar-refractivity contribution in [2.75, 3.05) is 0 Å². The van der Waals surface area contributed by atoms with Crippen LogP contribution in [-0.4, -0.2) is 23.5 Å². The molecule has 214 valence electrons. The number of carbonyl (C=O) groups excluding carboxylic acids is 4. The van der Waals surface area contributed by atoms with Crippen molar-refractivity contribution in [2.24, 2.45) is 0 Å². The Morgan fingerprint density at radius 1 is 0.429 bits per heavy atom. The van der Waals surface area contributed by atoms with Gasteiger partial charge in [-0.05, 0) is 60.7 Å². The van der Waals surface area contributed by atoms with Crippen LogP contribution in [-0.2, 0) is 9.78 Å². The van der Waals surface area contributed by atoms with Crippen molar-refractivity contribution in [2.45, 2.75) is 0 Å². The third-order valence-corrected chi connectivity index (χ3v) is 8.14. The van der Waals surface area contributed by atoms with Gasteiger partial charge in [-0.25, -0.2) is 19.4 Å². The van der Waals surface area contributed by atoms with E-state index in [1.165, 1.54) is 60.7 Å². The zero-order chi connectivity index (χ0) is 30.9. The number of carbonyl (C=O) groups is 4. The normalized spacial score (nSPS) is 10.8. The van der Waals surface area contributed by atoms with E-state index >= 15 is 0 Å². The molecule has 0 unspecified atom stereocenters. The number of hydrogen-bond donors (Lipinski definition) is 0. The van der Waals surface area contributed by atoms with Gasteiger partial charge in [0.05, 0.1) is 30.1 Å². The van der Waals surface area contributed by atoms with Gasteiger partial charge < -0.3 is 0 Å². The van der Waals surface area contributed by atoms with E-state index in [1.54, 1.807) is 0 Å². The van der Waals surface area contributed by atoms with E-state index in [0.29, 0.717) is 10.0 Å². The van der Waals surface area contributed by atoms with Crippen molar-refractivity contribution in [1.29, 1.82) is 0 Å². The molecular formula is C28H10Cl8O6. The van der Waals surface area contributed by atoms with Gasteiger partial charge in [-0.2, -0.15) is 0 Å². The Labute approximate surface area is 277 Å². The summed E-state index contributed by atoms with van der Waals surface area (Å²) in [6.07, 6.45) is 0. The lowest BCUT2D eigenvalue weighted by Gasteiger charge is -2.12. The largest absolute Gasteiger partial charge is 0.389 e. The minimum Gasteiger partial charge on any atom is -0.288 e. The molecule has 0 radical (unpaired) electrons. The van der Waals surface area contributed by atoms with Crippen molar-refractivity contribution < 1.29 is 29.0 Å². The summed E-state index contributed by atoms with van der Waals surface area (Å²) >= 11 is 49.0. The van der Waals surface area contributed by atoms with E-state index in [2.05, 4.69) is 9.78 Å². The Hall–Kier alpha value is -2.52. The third kappa shape index (κ3) is 6.67. The van der Waals surface area contributed by atoms with E-state index in [9.17, 15) is 19.2 Å². The molecule has 0 atom stereocenters. The van der Waals surface area contributed by atoms with Gasteiger partial charge in [0.25, 0.3) is 0 Å². The van der Waals surface area contributed by atoms with Crippen LogP contribution in [0.2, 0.25) is 40.2 Å². The predicted molar refractivity (Wildman–Crippen MR) is 164 cm³/mol. The quantitative estimate of drug-likeness (QED) is 0.112. The topological polar surface area (TPSA) is 86.7 Å². The Morgan fingerprint density at radius 3 is 1.10 bits per heavy atom. The molecule has 4 aromatic carbocycles. The third-order valence-electron chi connectivity index (χ3n) is 5.62. The van der Waals surface area contributed by atoms with E-state index in [-0.39, 0.29) is 42.3 Å². The second-order valence-electron chi connectivity index (χ2n) is 8.22. The van der Waals surface area contributed by atoms with Crippen LogP contribution in [0.1, 0.15) is 52.6 Å². The second-order valence-corrected chi connectivity index (χ2v) is 11.5. The van der Waals surface area contributed by atoms with E-state index < -0.39 is 44.7 Å². The molecule has 6 nitrogen and oxygen atoms in total. The van der Waals surface area contributed by atoms with Crippen molar-refractivity contribution in [1.82, 2.24) is 0 Å². The Bertz CT molecular complexity index is 1670. The van der Waals surface area contributed by atoms with Crippen LogP contribution in [0, 0.1) is 0 Å². The minimum atomic E-state index is -1.33. The molecule has 14 heteroatoms. The van der Waals surface area contributed by atoms with Crippen LogP contribution >= 0.6 is 92.8 Å². The minimum absolute atomic E-state index is 0.0457. The second kappa shape index (κ2) is 13.4. The summed E-state index contributed by atoms with van der Waals surface area (Å²) in [6.45, 7) is 0. The summed E-state index contributed by atoms with van der Waals surface area (Å²) in [6, 6.07) is 13.3. The SMILES string of the molecule is O=C(c1ccc(Cl)cc1Cl)c1ccc(Cl)c(C(=O)OOC(=O)c2c(Cl)ccc(C(=O)c3ccc(Cl)cc3Cl)c2Cl)c1Cl. The highest BCUT2D eigenvalue weighted by molar-refractivity contribution is 6.44. The maximum atomic E-state index is 13.1. The van der Waals surface area contributed by atoms with Crippen LogP contribution in [0.4, 0.5) is 0 Å². The van der Waals surface area contributed by atoms with Gasteiger partial charge in [0.1, 0.15) is 11.1 Å². The highest BCUT2D eigenvalue weighted by Crippen LogP contribution is 2.34. The van der Waals surface area contributed by atoms with Crippen molar-refractivity contribution in [3.8, 4) is 0 Å². The fourth-order valence-corrected chi connectivity index (χ4v) is 5.84. The first-order valence-corrected chi connectivity index (χ1v) is 14.2. The van der Waals surface area contributed by atoms with Gasteiger partial charge in [0.15, 0.2) is 11.6 Å². The highest BCUT2D eigenvalue weighted by Gasteiger charge is 2.28. The summed E-state index contributed by atoms with van der Waals surface area (Å²) in [4.78, 5) is 61.2. The summed E-state index contributed by atoms with van der Waals surface area (Å²) in [5.41, 5.74) is -1.17. The monoisotopic (exact) mass is 722 g/mol. The molecule has 0 heterocycles. The molecular weight excluding hydrogens is 716 g/mol. The molecule has 0 aliphatic heterocycles. The standard InChI is InChI=1S/C28H10Cl8O6/c29-11-1-3-13(19(33)9-11)25(37)15-5-7-17(31)21(23(15)35)27(39)41-42-28(40)22-18(32)8-6-16(24(22)36)26(38)14-4-2-12(30)10-20(14)34/h1-10H. The Kier molecular flexibility index (Phi) is 10.3. The zero-order valence-electron chi connectivity index (χ0n) is 20.2. The highest BCUT2D eigenvalue weighted by atomic mass is 35.5. The number of halogens is 8. The number of rotatable bonds is 6. The molecule has 4 rings (SSSR count). The first-order valence-electron chi connectivity index (χ1n) is 11.2. The molecule has 0 fully saturated rings. The van der Waals surface area contributed by atoms with E-state index in [4.69, 9.17) is 92.8 Å². The summed E-state index contributed by atoms with van der Waals surface area (Å²) < 4.78 is 0. The van der Waals surface area contributed by atoms with Gasteiger partial charge in [-0.3, -0.25) is 9.59 Å². The lowest BCUT2D eigenvalue weighted by atomic mass is 10.0. The van der Waals surface area contributed by atoms with E-state index in [0.717, 1.165) is 0 Å². The van der Waals surface area contributed by atoms with Gasteiger partial charge in [-0.15, -0.1) is 0 Å². The van der Waals surface area contributed by atoms with Crippen molar-refractivity contribution >= 4 is 116 Å². The number of benzene rings is 4. The smallest absolute Gasteiger partial charge is 0.288 e. The van der Waals surface area contributed by atoms with Crippen LogP contribution in [0.3, 0.4) is 0 Å². The molecule has 0 saturated carbocycles. The van der Waals surface area contributed by atoms with Gasteiger partial charge >= 0.3 is 11.9 Å². The van der Waals surface area contributed by atoms with Crippen LogP contribution in [0.15, 0.2) is 60.7 Å². The molecule has 0 aliphatic rings. The molecule has 0 aliphatic carbocycles. The fraction of sp³-hybridized carbons (Fsp3) is 0. The van der Waals surface area contributed by atoms with Gasteiger partial charge in [-0.1, -0.05) is 92.8 Å².